The number of esters is 1. The highest BCUT2D eigenvalue weighted by Gasteiger charge is 2.24. The van der Waals surface area contributed by atoms with Gasteiger partial charge in [0.15, 0.2) is 24.4 Å². The third kappa shape index (κ3) is 5.99. The molecule has 1 heterocycles. The second-order valence-corrected chi connectivity index (χ2v) is 9.08. The van der Waals surface area contributed by atoms with Crippen molar-refractivity contribution in [2.45, 2.75) is 40.5 Å². The highest BCUT2D eigenvalue weighted by atomic mass is 16.6. The van der Waals surface area contributed by atoms with Crippen LogP contribution in [0.4, 0.5) is 0 Å². The van der Waals surface area contributed by atoms with E-state index in [1.807, 2.05) is 39.8 Å². The Hall–Kier alpha value is -4.27. The van der Waals surface area contributed by atoms with Crippen LogP contribution in [0.2, 0.25) is 0 Å². The fraction of sp³-hybridized carbons (Fsp3) is 0.345. The average molecular weight is 525 g/mol. The Kier molecular flexibility index (Phi) is 9.17. The molecule has 1 aromatic heterocycles. The lowest BCUT2D eigenvalue weighted by molar-refractivity contribution is -0.142. The molecule has 0 fully saturated rings. The second-order valence-electron chi connectivity index (χ2n) is 9.08. The first-order valence-electron chi connectivity index (χ1n) is 12.0. The summed E-state index contributed by atoms with van der Waals surface area (Å²) in [6.07, 6.45) is 4.97. The normalized spacial score (nSPS) is 10.7. The first kappa shape index (κ1) is 28.3. The van der Waals surface area contributed by atoms with Crippen molar-refractivity contribution in [3.63, 3.8) is 0 Å². The topological polar surface area (TPSA) is 122 Å². The molecule has 0 unspecified atom stereocenters. The number of phenols is 1. The summed E-state index contributed by atoms with van der Waals surface area (Å²) >= 11 is 0. The maximum absolute atomic E-state index is 14.0. The molecule has 0 amide bonds. The van der Waals surface area contributed by atoms with E-state index in [0.29, 0.717) is 29.6 Å². The highest BCUT2D eigenvalue weighted by molar-refractivity contribution is 5.98. The summed E-state index contributed by atoms with van der Waals surface area (Å²) in [6.45, 7) is 7.05. The van der Waals surface area contributed by atoms with E-state index in [4.69, 9.17) is 18.6 Å². The smallest absolute Gasteiger partial charge is 0.343 e. The molecule has 2 aromatic carbocycles. The number of carbonyl (C=O) groups is 2. The summed E-state index contributed by atoms with van der Waals surface area (Å²) in [7, 11) is 2.69. The van der Waals surface area contributed by atoms with E-state index in [-0.39, 0.29) is 52.2 Å². The Morgan fingerprint density at radius 2 is 1.53 bits per heavy atom. The number of fused-ring (bicyclic) bond motifs is 2. The van der Waals surface area contributed by atoms with Crippen LogP contribution in [-0.2, 0) is 27.2 Å². The van der Waals surface area contributed by atoms with Crippen molar-refractivity contribution in [1.82, 2.24) is 0 Å². The van der Waals surface area contributed by atoms with Crippen molar-refractivity contribution >= 4 is 34.2 Å². The predicted molar refractivity (Wildman–Crippen MR) is 144 cm³/mol. The van der Waals surface area contributed by atoms with Crippen molar-refractivity contribution in [1.29, 1.82) is 0 Å². The minimum absolute atomic E-state index is 0.0258. The van der Waals surface area contributed by atoms with Crippen LogP contribution in [0.1, 0.15) is 38.8 Å². The number of aldehydes is 1. The van der Waals surface area contributed by atoms with Gasteiger partial charge < -0.3 is 28.5 Å². The minimum Gasteiger partial charge on any atom is -0.507 e. The van der Waals surface area contributed by atoms with Crippen molar-refractivity contribution < 1.29 is 38.1 Å². The van der Waals surface area contributed by atoms with Crippen molar-refractivity contribution in [3.05, 3.63) is 56.8 Å². The summed E-state index contributed by atoms with van der Waals surface area (Å²) in [5.74, 6) is -0.199. The Bertz CT molecular complexity index is 1480. The number of aromatic hydroxyl groups is 1. The Morgan fingerprint density at radius 1 is 0.921 bits per heavy atom. The van der Waals surface area contributed by atoms with Crippen molar-refractivity contribution in [2.75, 3.05) is 27.4 Å². The third-order valence-electron chi connectivity index (χ3n) is 5.82. The first-order chi connectivity index (χ1) is 18.1. The molecule has 0 radical (unpaired) electrons. The SMILES string of the molecule is COC(=O)COc1cc2oc3cc(OCC=O)c(OC)c(CC=C(C)C)c3c(=O)c2c(O)c1CC=C(C)C. The lowest BCUT2D eigenvalue weighted by Crippen LogP contribution is -2.14. The van der Waals surface area contributed by atoms with Crippen LogP contribution >= 0.6 is 0 Å². The molecule has 0 aliphatic rings. The number of rotatable bonds is 11. The molecule has 0 atom stereocenters. The van der Waals surface area contributed by atoms with Gasteiger partial charge >= 0.3 is 5.97 Å². The largest absolute Gasteiger partial charge is 0.507 e. The van der Waals surface area contributed by atoms with Gasteiger partial charge in [0.1, 0.15) is 34.7 Å². The van der Waals surface area contributed by atoms with E-state index in [1.54, 1.807) is 0 Å². The summed E-state index contributed by atoms with van der Waals surface area (Å²) in [6, 6.07) is 2.95. The Balaban J connectivity index is 2.42. The summed E-state index contributed by atoms with van der Waals surface area (Å²) in [5, 5.41) is 11.5. The maximum atomic E-state index is 14.0. The molecule has 1 N–H and O–H groups in total. The molecule has 3 aromatic rings. The molecule has 0 spiro atoms. The highest BCUT2D eigenvalue weighted by Crippen LogP contribution is 2.41. The number of hydrogen-bond donors (Lipinski definition) is 1. The van der Waals surface area contributed by atoms with Crippen LogP contribution in [0.25, 0.3) is 21.9 Å². The van der Waals surface area contributed by atoms with Crippen molar-refractivity contribution in [3.8, 4) is 23.0 Å². The molecular weight excluding hydrogens is 492 g/mol. The second kappa shape index (κ2) is 12.3. The van der Waals surface area contributed by atoms with Crippen LogP contribution in [-0.4, -0.2) is 44.8 Å². The van der Waals surface area contributed by atoms with E-state index < -0.39 is 18.0 Å². The fourth-order valence-corrected chi connectivity index (χ4v) is 3.99. The molecule has 9 nitrogen and oxygen atoms in total. The summed E-state index contributed by atoms with van der Waals surface area (Å²) in [4.78, 5) is 36.7. The number of ether oxygens (including phenoxy) is 4. The van der Waals surface area contributed by atoms with Gasteiger partial charge in [-0.2, -0.15) is 0 Å². The molecule has 0 saturated carbocycles. The van der Waals surface area contributed by atoms with Crippen LogP contribution < -0.4 is 19.6 Å². The summed E-state index contributed by atoms with van der Waals surface area (Å²) in [5.41, 5.74) is 2.61. The number of allylic oxidation sites excluding steroid dienone is 4. The monoisotopic (exact) mass is 524 g/mol. The molecule has 0 aliphatic heterocycles. The minimum atomic E-state index is -0.606. The van der Waals surface area contributed by atoms with Gasteiger partial charge in [-0.25, -0.2) is 4.79 Å². The first-order valence-corrected chi connectivity index (χ1v) is 12.0. The molecule has 0 aliphatic carbocycles. The van der Waals surface area contributed by atoms with E-state index in [0.717, 1.165) is 11.1 Å². The van der Waals surface area contributed by atoms with Gasteiger partial charge in [-0.3, -0.25) is 9.59 Å². The number of benzene rings is 2. The van der Waals surface area contributed by atoms with Crippen LogP contribution in [0.5, 0.6) is 23.0 Å². The lowest BCUT2D eigenvalue weighted by atomic mass is 9.98. The van der Waals surface area contributed by atoms with Gasteiger partial charge in [0, 0.05) is 23.3 Å². The van der Waals surface area contributed by atoms with E-state index in [9.17, 15) is 19.5 Å². The Labute approximate surface area is 220 Å². The van der Waals surface area contributed by atoms with E-state index >= 15 is 0 Å². The fourth-order valence-electron chi connectivity index (χ4n) is 3.99. The molecule has 38 heavy (non-hydrogen) atoms. The van der Waals surface area contributed by atoms with Crippen LogP contribution in [0.15, 0.2) is 44.6 Å². The van der Waals surface area contributed by atoms with Gasteiger partial charge in [0.2, 0.25) is 5.43 Å². The zero-order valence-corrected chi connectivity index (χ0v) is 22.4. The molecule has 0 saturated heterocycles. The van der Waals surface area contributed by atoms with E-state index in [2.05, 4.69) is 4.74 Å². The average Bonchev–Trinajstić information content (AvgIpc) is 2.87. The number of carbonyl (C=O) groups excluding carboxylic acids is 2. The van der Waals surface area contributed by atoms with Crippen LogP contribution in [0.3, 0.4) is 0 Å². The number of hydrogen-bond acceptors (Lipinski definition) is 9. The molecule has 9 heteroatoms. The van der Waals surface area contributed by atoms with Crippen LogP contribution in [0, 0.1) is 0 Å². The number of methoxy groups -OCH3 is 2. The third-order valence-corrected chi connectivity index (χ3v) is 5.82. The van der Waals surface area contributed by atoms with Gasteiger partial charge in [0.05, 0.1) is 19.6 Å². The number of phenolic OH excluding ortho intramolecular Hbond substituents is 1. The van der Waals surface area contributed by atoms with Gasteiger partial charge in [-0.1, -0.05) is 23.3 Å². The zero-order chi connectivity index (χ0) is 28.0. The quantitative estimate of drug-likeness (QED) is 0.163. The standard InChI is InChI=1S/C29H32O9/c1-16(2)7-9-18-20(37-15-24(31)34-5)13-22-26(27(18)32)28(33)25-19(10-8-17(3)4)29(35-6)23(36-12-11-30)14-21(25)38-22/h7-8,11,13-14,32H,9-10,12,15H2,1-6H3. The summed E-state index contributed by atoms with van der Waals surface area (Å²) < 4.78 is 27.6. The van der Waals surface area contributed by atoms with E-state index in [1.165, 1.54) is 26.4 Å². The Morgan fingerprint density at radius 3 is 2.11 bits per heavy atom. The predicted octanol–water partition coefficient (Wildman–Crippen LogP) is 4.81. The van der Waals surface area contributed by atoms with Gasteiger partial charge in [-0.15, -0.1) is 0 Å². The van der Waals surface area contributed by atoms with Gasteiger partial charge in [0.25, 0.3) is 0 Å². The van der Waals surface area contributed by atoms with Crippen molar-refractivity contribution in [2.24, 2.45) is 0 Å². The van der Waals surface area contributed by atoms with Gasteiger partial charge in [-0.05, 0) is 40.5 Å². The molecular formula is C29H32O9. The lowest BCUT2D eigenvalue weighted by Gasteiger charge is -2.17. The molecule has 3 rings (SSSR count). The molecule has 202 valence electrons. The maximum Gasteiger partial charge on any atom is 0.343 e. The zero-order valence-electron chi connectivity index (χ0n) is 22.4. The molecule has 0 bridgehead atoms.